The quantitative estimate of drug-likeness (QED) is 0.763. The Kier molecular flexibility index (Phi) is 5.38. The van der Waals surface area contributed by atoms with E-state index in [0.717, 1.165) is 25.3 Å². The highest BCUT2D eigenvalue weighted by molar-refractivity contribution is 7.90. The van der Waals surface area contributed by atoms with Gasteiger partial charge in [0, 0.05) is 6.54 Å². The van der Waals surface area contributed by atoms with Crippen molar-refractivity contribution in [2.75, 3.05) is 6.54 Å². The first-order valence-corrected chi connectivity index (χ1v) is 10.1. The van der Waals surface area contributed by atoms with Crippen molar-refractivity contribution in [1.29, 1.82) is 0 Å². The molecule has 3 N–H and O–H groups in total. The molecule has 22 heavy (non-hydrogen) atoms. The number of nitrogens with two attached hydrogens (primary N) is 1. The van der Waals surface area contributed by atoms with Crippen molar-refractivity contribution in [3.63, 3.8) is 0 Å². The summed E-state index contributed by atoms with van der Waals surface area (Å²) < 4.78 is 49.4. The van der Waals surface area contributed by atoms with Gasteiger partial charge in [-0.2, -0.15) is 0 Å². The summed E-state index contributed by atoms with van der Waals surface area (Å²) in [4.78, 5) is -0.318. The SMILES string of the molecule is NS(=O)(=O)c1cccc(S(=O)(=O)NCCC2=CCCCC2)c1. The second-order valence-corrected chi connectivity index (χ2v) is 8.60. The standard InChI is InChI=1S/C14H20N2O4S2/c15-21(17,18)13-7-4-8-14(11-13)22(19,20)16-10-9-12-5-2-1-3-6-12/h4-5,7-8,11,16H,1-3,6,9-10H2,(H2,15,17,18). The zero-order chi connectivity index (χ0) is 16.2. The van der Waals surface area contributed by atoms with Gasteiger partial charge in [0.2, 0.25) is 20.0 Å². The fourth-order valence-electron chi connectivity index (χ4n) is 2.38. The average molecular weight is 344 g/mol. The Morgan fingerprint density at radius 3 is 2.45 bits per heavy atom. The number of benzene rings is 1. The van der Waals surface area contributed by atoms with Crippen LogP contribution in [0.3, 0.4) is 0 Å². The van der Waals surface area contributed by atoms with Crippen LogP contribution in [0.5, 0.6) is 0 Å². The molecule has 0 heterocycles. The second kappa shape index (κ2) is 6.91. The lowest BCUT2D eigenvalue weighted by Gasteiger charge is -2.13. The Morgan fingerprint density at radius 1 is 1.09 bits per heavy atom. The summed E-state index contributed by atoms with van der Waals surface area (Å²) in [6.45, 7) is 0.299. The van der Waals surface area contributed by atoms with Crippen LogP contribution in [0.1, 0.15) is 32.1 Å². The lowest BCUT2D eigenvalue weighted by molar-refractivity contribution is 0.579. The molecule has 0 aromatic heterocycles. The van der Waals surface area contributed by atoms with Crippen molar-refractivity contribution in [2.45, 2.75) is 41.9 Å². The highest BCUT2D eigenvalue weighted by Gasteiger charge is 2.17. The van der Waals surface area contributed by atoms with Crippen molar-refractivity contribution >= 4 is 20.0 Å². The molecule has 8 heteroatoms. The lowest BCUT2D eigenvalue weighted by atomic mass is 9.97. The highest BCUT2D eigenvalue weighted by Crippen LogP contribution is 2.20. The molecule has 122 valence electrons. The maximum Gasteiger partial charge on any atom is 0.240 e. The molecule has 1 aromatic carbocycles. The van der Waals surface area contributed by atoms with Gasteiger partial charge in [0.1, 0.15) is 0 Å². The normalized spacial score (nSPS) is 16.3. The van der Waals surface area contributed by atoms with Gasteiger partial charge in [-0.05, 0) is 50.3 Å². The first kappa shape index (κ1) is 17.1. The summed E-state index contributed by atoms with van der Waals surface area (Å²) in [7, 11) is -7.67. The second-order valence-electron chi connectivity index (χ2n) is 5.28. The van der Waals surface area contributed by atoms with Crippen LogP contribution in [-0.2, 0) is 20.0 Å². The number of hydrogen-bond acceptors (Lipinski definition) is 4. The van der Waals surface area contributed by atoms with Crippen LogP contribution in [-0.4, -0.2) is 23.4 Å². The van der Waals surface area contributed by atoms with Gasteiger partial charge in [0.05, 0.1) is 9.79 Å². The third-order valence-electron chi connectivity index (χ3n) is 3.57. The van der Waals surface area contributed by atoms with E-state index in [4.69, 9.17) is 5.14 Å². The molecule has 0 aliphatic heterocycles. The van der Waals surface area contributed by atoms with Crippen LogP contribution in [0.4, 0.5) is 0 Å². The maximum absolute atomic E-state index is 12.2. The zero-order valence-corrected chi connectivity index (χ0v) is 13.8. The third kappa shape index (κ3) is 4.64. The smallest absolute Gasteiger partial charge is 0.225 e. The number of rotatable bonds is 6. The summed E-state index contributed by atoms with van der Waals surface area (Å²) in [5.41, 5.74) is 1.27. The van der Waals surface area contributed by atoms with E-state index in [-0.39, 0.29) is 9.79 Å². The van der Waals surface area contributed by atoms with E-state index < -0.39 is 20.0 Å². The topological polar surface area (TPSA) is 106 Å². The van der Waals surface area contributed by atoms with Crippen LogP contribution in [0.15, 0.2) is 45.7 Å². The largest absolute Gasteiger partial charge is 0.240 e. The zero-order valence-electron chi connectivity index (χ0n) is 12.2. The molecule has 0 atom stereocenters. The minimum absolute atomic E-state index is 0.100. The molecule has 1 aromatic rings. The van der Waals surface area contributed by atoms with Gasteiger partial charge < -0.3 is 0 Å². The summed E-state index contributed by atoms with van der Waals surface area (Å²) in [6.07, 6.45) is 7.25. The molecule has 0 saturated heterocycles. The fraction of sp³-hybridized carbons (Fsp3) is 0.429. The van der Waals surface area contributed by atoms with E-state index in [2.05, 4.69) is 10.8 Å². The van der Waals surface area contributed by atoms with Gasteiger partial charge in [-0.3, -0.25) is 0 Å². The first-order chi connectivity index (χ1) is 10.3. The van der Waals surface area contributed by atoms with Gasteiger partial charge >= 0.3 is 0 Å². The van der Waals surface area contributed by atoms with Gasteiger partial charge in [0.15, 0.2) is 0 Å². The van der Waals surface area contributed by atoms with Crippen LogP contribution in [0.2, 0.25) is 0 Å². The predicted octanol–water partition coefficient (Wildman–Crippen LogP) is 1.50. The summed E-state index contributed by atoms with van der Waals surface area (Å²) in [6, 6.07) is 5.04. The molecule has 1 aliphatic carbocycles. The van der Waals surface area contributed by atoms with Crippen molar-refractivity contribution in [3.8, 4) is 0 Å². The highest BCUT2D eigenvalue weighted by atomic mass is 32.2. The van der Waals surface area contributed by atoms with Crippen molar-refractivity contribution in [2.24, 2.45) is 5.14 Å². The van der Waals surface area contributed by atoms with Crippen LogP contribution in [0, 0.1) is 0 Å². The summed E-state index contributed by atoms with van der Waals surface area (Å²) >= 11 is 0. The van der Waals surface area contributed by atoms with Gasteiger partial charge in [-0.25, -0.2) is 26.7 Å². The summed E-state index contributed by atoms with van der Waals surface area (Å²) in [5, 5.41) is 5.02. The van der Waals surface area contributed by atoms with Crippen LogP contribution >= 0.6 is 0 Å². The first-order valence-electron chi connectivity index (χ1n) is 7.09. The number of nitrogens with one attached hydrogen (secondary N) is 1. The molecular weight excluding hydrogens is 324 g/mol. The van der Waals surface area contributed by atoms with Gasteiger partial charge in [0.25, 0.3) is 0 Å². The van der Waals surface area contributed by atoms with E-state index in [9.17, 15) is 16.8 Å². The predicted molar refractivity (Wildman–Crippen MR) is 84.2 cm³/mol. The average Bonchev–Trinajstić information content (AvgIpc) is 2.47. The van der Waals surface area contributed by atoms with E-state index >= 15 is 0 Å². The summed E-state index contributed by atoms with van der Waals surface area (Å²) in [5.74, 6) is 0. The fourth-order valence-corrected chi connectivity index (χ4v) is 4.09. The van der Waals surface area contributed by atoms with Gasteiger partial charge in [-0.15, -0.1) is 0 Å². The lowest BCUT2D eigenvalue weighted by Crippen LogP contribution is -2.25. The Labute approximate surface area is 131 Å². The van der Waals surface area contributed by atoms with E-state index in [1.807, 2.05) is 0 Å². The Balaban J connectivity index is 2.05. The number of hydrogen-bond donors (Lipinski definition) is 2. The van der Waals surface area contributed by atoms with Crippen molar-refractivity contribution in [3.05, 3.63) is 35.9 Å². The molecule has 0 spiro atoms. The number of sulfonamides is 2. The molecule has 0 amide bonds. The van der Waals surface area contributed by atoms with Crippen molar-refractivity contribution in [1.82, 2.24) is 4.72 Å². The Hall–Kier alpha value is -1.22. The molecule has 1 aliphatic rings. The number of primary sulfonamides is 1. The van der Waals surface area contributed by atoms with E-state index in [1.54, 1.807) is 0 Å². The monoisotopic (exact) mass is 344 g/mol. The minimum Gasteiger partial charge on any atom is -0.225 e. The minimum atomic E-state index is -3.92. The molecule has 2 rings (SSSR count). The molecule has 0 fully saturated rings. The third-order valence-corrected chi connectivity index (χ3v) is 5.94. The molecule has 0 saturated carbocycles. The van der Waals surface area contributed by atoms with E-state index in [0.29, 0.717) is 13.0 Å². The van der Waals surface area contributed by atoms with Crippen molar-refractivity contribution < 1.29 is 16.8 Å². The van der Waals surface area contributed by atoms with E-state index in [1.165, 1.54) is 30.2 Å². The maximum atomic E-state index is 12.2. The van der Waals surface area contributed by atoms with Gasteiger partial charge in [-0.1, -0.05) is 17.7 Å². The Bertz CT molecular complexity index is 768. The molecular formula is C14H20N2O4S2. The van der Waals surface area contributed by atoms with Crippen LogP contribution in [0.25, 0.3) is 0 Å². The molecule has 6 nitrogen and oxygen atoms in total. The number of allylic oxidation sites excluding steroid dienone is 1. The molecule has 0 radical (unpaired) electrons. The van der Waals surface area contributed by atoms with Crippen LogP contribution < -0.4 is 9.86 Å². The molecule has 0 unspecified atom stereocenters. The molecule has 0 bridgehead atoms. The Morgan fingerprint density at radius 2 is 1.82 bits per heavy atom.